The molecule has 3 N–H and O–H groups in total. The number of aromatic amines is 1. The first-order valence-corrected chi connectivity index (χ1v) is 10.2. The third kappa shape index (κ3) is 3.69. The highest BCUT2D eigenvalue weighted by atomic mass is 32.1. The maximum absolute atomic E-state index is 12.5. The fraction of sp³-hybridized carbons (Fsp3) is 0. The van der Waals surface area contributed by atoms with E-state index in [0.29, 0.717) is 11.4 Å². The fourth-order valence-electron chi connectivity index (χ4n) is 3.40. The normalized spacial score (nSPS) is 11.0. The number of nitrogens with one attached hydrogen (secondary N) is 3. The van der Waals surface area contributed by atoms with E-state index in [4.69, 9.17) is 0 Å². The van der Waals surface area contributed by atoms with Gasteiger partial charge in [0.15, 0.2) is 0 Å². The minimum Gasteiger partial charge on any atom is -0.308 e. The third-order valence-corrected chi connectivity index (χ3v) is 5.98. The summed E-state index contributed by atoms with van der Waals surface area (Å²) >= 11 is 1.67. The van der Waals surface area contributed by atoms with Crippen molar-refractivity contribution in [1.29, 1.82) is 0 Å². The quantitative estimate of drug-likeness (QED) is 0.240. The largest absolute Gasteiger partial charge is 0.323 e. The first-order valence-electron chi connectivity index (χ1n) is 9.35. The standard InChI is InChI=1S/C22H15N5O3S/c28-22(24-15-5-7-17(8-6-15)27(29)30)25-16-9-14-12-23-26-21(14)18(11-16)20-10-13-3-1-2-4-19(13)31-20/h1-12H,(H,23,26)(H2,24,25,28). The minimum absolute atomic E-state index is 0.0376. The van der Waals surface area contributed by atoms with Gasteiger partial charge in [-0.1, -0.05) is 18.2 Å². The number of nitro groups is 1. The zero-order chi connectivity index (χ0) is 21.4. The van der Waals surface area contributed by atoms with Crippen LogP contribution in [0.25, 0.3) is 31.4 Å². The number of carbonyl (C=O) groups excluding carboxylic acids is 1. The number of aromatic nitrogens is 2. The van der Waals surface area contributed by atoms with Crippen LogP contribution in [-0.2, 0) is 0 Å². The molecule has 0 fully saturated rings. The molecular weight excluding hydrogens is 414 g/mol. The summed E-state index contributed by atoms with van der Waals surface area (Å²) in [5, 5.41) is 25.5. The van der Waals surface area contributed by atoms with Crippen molar-refractivity contribution in [2.24, 2.45) is 0 Å². The Morgan fingerprint density at radius 2 is 1.74 bits per heavy atom. The van der Waals surface area contributed by atoms with Crippen LogP contribution in [0.1, 0.15) is 0 Å². The van der Waals surface area contributed by atoms with Crippen molar-refractivity contribution in [2.45, 2.75) is 0 Å². The monoisotopic (exact) mass is 429 g/mol. The Morgan fingerprint density at radius 3 is 2.52 bits per heavy atom. The lowest BCUT2D eigenvalue weighted by Crippen LogP contribution is -2.19. The van der Waals surface area contributed by atoms with Gasteiger partial charge in [0.1, 0.15) is 0 Å². The van der Waals surface area contributed by atoms with Crippen LogP contribution >= 0.6 is 11.3 Å². The molecule has 0 saturated heterocycles. The number of hydrogen-bond acceptors (Lipinski definition) is 5. The zero-order valence-corrected chi connectivity index (χ0v) is 16.8. The van der Waals surface area contributed by atoms with Crippen LogP contribution in [0.4, 0.5) is 21.9 Å². The first-order chi connectivity index (χ1) is 15.1. The summed E-state index contributed by atoms with van der Waals surface area (Å²) in [7, 11) is 0. The molecule has 2 amide bonds. The Morgan fingerprint density at radius 1 is 0.968 bits per heavy atom. The second-order valence-electron chi connectivity index (χ2n) is 6.89. The second-order valence-corrected chi connectivity index (χ2v) is 7.97. The molecule has 0 saturated carbocycles. The van der Waals surface area contributed by atoms with Crippen molar-refractivity contribution in [3.63, 3.8) is 0 Å². The van der Waals surface area contributed by atoms with Gasteiger partial charge in [0.2, 0.25) is 0 Å². The Balaban J connectivity index is 1.43. The van der Waals surface area contributed by atoms with E-state index in [1.165, 1.54) is 29.0 Å². The molecule has 0 aliphatic carbocycles. The number of amides is 2. The van der Waals surface area contributed by atoms with Gasteiger partial charge >= 0.3 is 6.03 Å². The molecule has 8 nitrogen and oxygen atoms in total. The Hall–Kier alpha value is -4.24. The number of urea groups is 1. The maximum Gasteiger partial charge on any atom is 0.323 e. The average Bonchev–Trinajstić information content (AvgIpc) is 3.40. The number of rotatable bonds is 4. The molecule has 0 aliphatic heterocycles. The van der Waals surface area contributed by atoms with Gasteiger partial charge in [-0.3, -0.25) is 15.2 Å². The lowest BCUT2D eigenvalue weighted by atomic mass is 10.1. The highest BCUT2D eigenvalue weighted by molar-refractivity contribution is 7.22. The topological polar surface area (TPSA) is 113 Å². The predicted octanol–water partition coefficient (Wildman–Crippen LogP) is 6.00. The summed E-state index contributed by atoms with van der Waals surface area (Å²) in [6, 6.07) is 19.2. The van der Waals surface area contributed by atoms with E-state index in [1.54, 1.807) is 17.5 Å². The van der Waals surface area contributed by atoms with Gasteiger partial charge in [-0.15, -0.1) is 11.3 Å². The number of fused-ring (bicyclic) bond motifs is 2. The Labute approximate surface area is 179 Å². The van der Waals surface area contributed by atoms with Gasteiger partial charge in [0.25, 0.3) is 5.69 Å². The summed E-state index contributed by atoms with van der Waals surface area (Å²) in [5.41, 5.74) is 2.87. The molecule has 3 aromatic carbocycles. The molecule has 5 aromatic rings. The van der Waals surface area contributed by atoms with E-state index >= 15 is 0 Å². The number of nitro benzene ring substituents is 1. The smallest absolute Gasteiger partial charge is 0.308 e. The number of hydrogen-bond donors (Lipinski definition) is 3. The molecule has 9 heteroatoms. The fourth-order valence-corrected chi connectivity index (χ4v) is 4.48. The van der Waals surface area contributed by atoms with Crippen LogP contribution in [0.3, 0.4) is 0 Å². The number of thiophene rings is 1. The van der Waals surface area contributed by atoms with E-state index < -0.39 is 11.0 Å². The van der Waals surface area contributed by atoms with Gasteiger partial charge in [-0.05, 0) is 41.8 Å². The van der Waals surface area contributed by atoms with E-state index in [-0.39, 0.29) is 5.69 Å². The number of H-pyrrole nitrogens is 1. The van der Waals surface area contributed by atoms with Crippen molar-refractivity contribution >= 4 is 55.4 Å². The molecular formula is C22H15N5O3S. The highest BCUT2D eigenvalue weighted by Gasteiger charge is 2.13. The first kappa shape index (κ1) is 18.8. The zero-order valence-electron chi connectivity index (χ0n) is 16.0. The van der Waals surface area contributed by atoms with Crippen molar-refractivity contribution in [3.05, 3.63) is 83.0 Å². The summed E-state index contributed by atoms with van der Waals surface area (Å²) < 4.78 is 1.18. The number of non-ortho nitro benzene ring substituents is 1. The summed E-state index contributed by atoms with van der Waals surface area (Å²) in [4.78, 5) is 23.8. The van der Waals surface area contributed by atoms with Crippen molar-refractivity contribution in [3.8, 4) is 10.4 Å². The van der Waals surface area contributed by atoms with Gasteiger partial charge in [-0.25, -0.2) is 4.79 Å². The number of benzene rings is 3. The molecule has 0 atom stereocenters. The molecule has 5 rings (SSSR count). The van der Waals surface area contributed by atoms with Crippen LogP contribution in [0.15, 0.2) is 72.9 Å². The molecule has 152 valence electrons. The summed E-state index contributed by atoms with van der Waals surface area (Å²) in [5.74, 6) is 0. The molecule has 0 unspecified atom stereocenters. The number of nitrogens with zero attached hydrogens (tertiary/aromatic N) is 2. The van der Waals surface area contributed by atoms with Crippen LogP contribution < -0.4 is 10.6 Å². The van der Waals surface area contributed by atoms with E-state index in [0.717, 1.165) is 26.7 Å². The molecule has 0 bridgehead atoms. The average molecular weight is 429 g/mol. The van der Waals surface area contributed by atoms with Crippen LogP contribution in [0, 0.1) is 10.1 Å². The second kappa shape index (κ2) is 7.54. The Kier molecular flexibility index (Phi) is 4.57. The highest BCUT2D eigenvalue weighted by Crippen LogP contribution is 2.38. The van der Waals surface area contributed by atoms with Gasteiger partial charge in [0, 0.05) is 44.0 Å². The van der Waals surface area contributed by atoms with E-state index in [9.17, 15) is 14.9 Å². The van der Waals surface area contributed by atoms with E-state index in [2.05, 4.69) is 39.0 Å². The summed E-state index contributed by atoms with van der Waals surface area (Å²) in [6.07, 6.45) is 1.71. The van der Waals surface area contributed by atoms with Gasteiger partial charge < -0.3 is 10.6 Å². The van der Waals surface area contributed by atoms with Crippen molar-refractivity contribution < 1.29 is 9.72 Å². The third-order valence-electron chi connectivity index (χ3n) is 4.83. The Bertz CT molecular complexity index is 1410. The van der Waals surface area contributed by atoms with Crippen LogP contribution in [-0.4, -0.2) is 21.2 Å². The predicted molar refractivity (Wildman–Crippen MR) is 123 cm³/mol. The summed E-state index contributed by atoms with van der Waals surface area (Å²) in [6.45, 7) is 0. The molecule has 0 radical (unpaired) electrons. The molecule has 0 spiro atoms. The van der Waals surface area contributed by atoms with Gasteiger partial charge in [-0.2, -0.15) is 5.10 Å². The van der Waals surface area contributed by atoms with Crippen molar-refractivity contribution in [2.75, 3.05) is 10.6 Å². The lowest BCUT2D eigenvalue weighted by Gasteiger charge is -2.10. The van der Waals surface area contributed by atoms with Gasteiger partial charge in [0.05, 0.1) is 16.6 Å². The number of carbonyl (C=O) groups is 1. The molecule has 0 aliphatic rings. The van der Waals surface area contributed by atoms with E-state index in [1.807, 2.05) is 24.3 Å². The SMILES string of the molecule is O=C(Nc1ccc([N+](=O)[O-])cc1)Nc1cc(-c2cc3ccccc3s2)c2[nH]ncc2c1. The van der Waals surface area contributed by atoms with Crippen molar-refractivity contribution in [1.82, 2.24) is 10.2 Å². The molecule has 31 heavy (non-hydrogen) atoms. The molecule has 2 aromatic heterocycles. The number of anilines is 2. The van der Waals surface area contributed by atoms with Crippen LogP contribution in [0.5, 0.6) is 0 Å². The maximum atomic E-state index is 12.5. The molecule has 2 heterocycles. The minimum atomic E-state index is -0.487. The lowest BCUT2D eigenvalue weighted by molar-refractivity contribution is -0.384. The van der Waals surface area contributed by atoms with Crippen LogP contribution in [0.2, 0.25) is 0 Å².